The molecule has 1 aliphatic heterocycles. The molecule has 1 aliphatic rings. The summed E-state index contributed by atoms with van der Waals surface area (Å²) >= 11 is 0. The number of nitrogens with zero attached hydrogens (tertiary/aromatic N) is 6. The van der Waals surface area contributed by atoms with Crippen molar-refractivity contribution in [3.8, 4) is 17.5 Å². The zero-order valence-electron chi connectivity index (χ0n) is 15.6. The monoisotopic (exact) mass is 389 g/mol. The molecule has 29 heavy (non-hydrogen) atoms. The van der Waals surface area contributed by atoms with Gasteiger partial charge in [-0.05, 0) is 19.1 Å². The molecule has 0 fully saturated rings. The number of imidazole rings is 2. The van der Waals surface area contributed by atoms with Crippen LogP contribution in [0.3, 0.4) is 0 Å². The van der Waals surface area contributed by atoms with Gasteiger partial charge in [0.25, 0.3) is 0 Å². The minimum absolute atomic E-state index is 0.240. The Labute approximate surface area is 165 Å². The predicted octanol–water partition coefficient (Wildman–Crippen LogP) is 2.78. The zero-order chi connectivity index (χ0) is 20.0. The van der Waals surface area contributed by atoms with E-state index in [0.29, 0.717) is 35.9 Å². The largest absolute Gasteiger partial charge is 0.493 e. The highest BCUT2D eigenvalue weighted by molar-refractivity contribution is 5.63. The van der Waals surface area contributed by atoms with Crippen LogP contribution in [0.4, 0.5) is 10.3 Å². The number of halogens is 1. The average molecular weight is 389 g/mol. The van der Waals surface area contributed by atoms with Crippen LogP contribution < -0.4 is 10.1 Å². The molecule has 1 N–H and O–H groups in total. The molecule has 8 nitrogen and oxygen atoms in total. The van der Waals surface area contributed by atoms with Crippen molar-refractivity contribution in [2.45, 2.75) is 19.9 Å². The third-order valence-electron chi connectivity index (χ3n) is 4.94. The predicted molar refractivity (Wildman–Crippen MR) is 102 cm³/mol. The number of nitrogens with one attached hydrogen (secondary N) is 1. The van der Waals surface area contributed by atoms with Gasteiger partial charge in [-0.2, -0.15) is 5.26 Å². The lowest BCUT2D eigenvalue weighted by molar-refractivity contribution is 0.356. The summed E-state index contributed by atoms with van der Waals surface area (Å²) in [5.41, 5.74) is 3.80. The summed E-state index contributed by atoms with van der Waals surface area (Å²) in [6.07, 6.45) is 7.46. The van der Waals surface area contributed by atoms with E-state index in [1.807, 2.05) is 13.1 Å². The van der Waals surface area contributed by atoms with Crippen molar-refractivity contribution in [1.82, 2.24) is 23.9 Å². The van der Waals surface area contributed by atoms with Crippen LogP contribution in [0.5, 0.6) is 5.75 Å². The average Bonchev–Trinajstić information content (AvgIpc) is 3.46. The molecule has 5 rings (SSSR count). The van der Waals surface area contributed by atoms with Crippen molar-refractivity contribution in [3.63, 3.8) is 0 Å². The lowest BCUT2D eigenvalue weighted by atomic mass is 10.0. The minimum atomic E-state index is -0.285. The van der Waals surface area contributed by atoms with E-state index < -0.39 is 0 Å². The standard InChI is InChI=1S/C20H16FN7O/c1-12-9-27(11-25-12)17-8-24-20(28-10-13(6-22)26-19(17)28)23-7-15-14-4-5-29-18(14)3-2-16(15)21/h2-3,8-11H,4-5,7H2,1H3,(H,23,24). The van der Waals surface area contributed by atoms with E-state index in [1.165, 1.54) is 6.07 Å². The van der Waals surface area contributed by atoms with E-state index in [1.54, 1.807) is 33.8 Å². The van der Waals surface area contributed by atoms with E-state index in [2.05, 4.69) is 26.3 Å². The van der Waals surface area contributed by atoms with Crippen LogP contribution in [-0.2, 0) is 13.0 Å². The first-order valence-corrected chi connectivity index (χ1v) is 9.10. The maximum Gasteiger partial charge on any atom is 0.209 e. The van der Waals surface area contributed by atoms with Crippen LogP contribution in [0.1, 0.15) is 22.5 Å². The van der Waals surface area contributed by atoms with E-state index in [-0.39, 0.29) is 18.1 Å². The number of fused-ring (bicyclic) bond motifs is 2. The zero-order valence-corrected chi connectivity index (χ0v) is 15.6. The van der Waals surface area contributed by atoms with Crippen LogP contribution in [0.25, 0.3) is 11.3 Å². The van der Waals surface area contributed by atoms with Crippen molar-refractivity contribution in [2.24, 2.45) is 0 Å². The molecule has 9 heteroatoms. The lowest BCUT2D eigenvalue weighted by Crippen LogP contribution is -2.10. The van der Waals surface area contributed by atoms with Gasteiger partial charge in [-0.1, -0.05) is 0 Å². The maximum absolute atomic E-state index is 14.4. The number of aromatic nitrogens is 5. The Morgan fingerprint density at radius 1 is 1.31 bits per heavy atom. The Morgan fingerprint density at radius 2 is 2.21 bits per heavy atom. The van der Waals surface area contributed by atoms with Gasteiger partial charge in [-0.3, -0.25) is 4.40 Å². The summed E-state index contributed by atoms with van der Waals surface area (Å²) in [4.78, 5) is 13.1. The van der Waals surface area contributed by atoms with Gasteiger partial charge in [0.15, 0.2) is 11.3 Å². The molecular weight excluding hydrogens is 373 g/mol. The second-order valence-corrected chi connectivity index (χ2v) is 6.78. The highest BCUT2D eigenvalue weighted by Crippen LogP contribution is 2.30. The van der Waals surface area contributed by atoms with Gasteiger partial charge in [0, 0.05) is 30.3 Å². The summed E-state index contributed by atoms with van der Waals surface area (Å²) in [6, 6.07) is 5.13. The van der Waals surface area contributed by atoms with Gasteiger partial charge in [0.1, 0.15) is 23.3 Å². The van der Waals surface area contributed by atoms with Gasteiger partial charge in [0.05, 0.1) is 31.0 Å². The SMILES string of the molecule is Cc1cn(-c2cnc(NCc3c(F)ccc4c3CCO4)n3cc(C#N)nc23)cn1. The number of nitriles is 1. The van der Waals surface area contributed by atoms with Gasteiger partial charge < -0.3 is 14.6 Å². The summed E-state index contributed by atoms with van der Waals surface area (Å²) in [6.45, 7) is 2.68. The molecule has 144 valence electrons. The lowest BCUT2D eigenvalue weighted by Gasteiger charge is -2.13. The number of hydrogen-bond acceptors (Lipinski definition) is 6. The van der Waals surface area contributed by atoms with E-state index in [9.17, 15) is 9.65 Å². The summed E-state index contributed by atoms with van der Waals surface area (Å²) in [5.74, 6) is 0.902. The molecule has 3 aromatic heterocycles. The molecule has 4 aromatic rings. The van der Waals surface area contributed by atoms with E-state index in [0.717, 1.165) is 17.0 Å². The Balaban J connectivity index is 1.54. The van der Waals surface area contributed by atoms with Gasteiger partial charge in [-0.15, -0.1) is 0 Å². The fourth-order valence-corrected chi connectivity index (χ4v) is 3.56. The molecule has 0 radical (unpaired) electrons. The molecule has 0 saturated heterocycles. The fraction of sp³-hybridized carbons (Fsp3) is 0.200. The second kappa shape index (κ2) is 6.60. The van der Waals surface area contributed by atoms with Crippen molar-refractivity contribution < 1.29 is 9.13 Å². The number of ether oxygens (including phenoxy) is 1. The third-order valence-corrected chi connectivity index (χ3v) is 4.94. The molecule has 0 spiro atoms. The second-order valence-electron chi connectivity index (χ2n) is 6.78. The van der Waals surface area contributed by atoms with Gasteiger partial charge >= 0.3 is 0 Å². The highest BCUT2D eigenvalue weighted by Gasteiger charge is 2.20. The van der Waals surface area contributed by atoms with Gasteiger partial charge in [-0.25, -0.2) is 19.3 Å². The van der Waals surface area contributed by atoms with Crippen LogP contribution in [-0.4, -0.2) is 30.5 Å². The van der Waals surface area contributed by atoms with Crippen LogP contribution in [0, 0.1) is 24.1 Å². The first-order valence-electron chi connectivity index (χ1n) is 9.10. The fourth-order valence-electron chi connectivity index (χ4n) is 3.56. The molecule has 0 bridgehead atoms. The van der Waals surface area contributed by atoms with Crippen LogP contribution >= 0.6 is 0 Å². The first-order chi connectivity index (χ1) is 14.1. The van der Waals surface area contributed by atoms with Crippen molar-refractivity contribution >= 4 is 11.6 Å². The molecule has 0 atom stereocenters. The maximum atomic E-state index is 14.4. The molecule has 0 saturated carbocycles. The van der Waals surface area contributed by atoms with Crippen LogP contribution in [0.15, 0.2) is 37.1 Å². The van der Waals surface area contributed by atoms with Crippen LogP contribution in [0.2, 0.25) is 0 Å². The Hall–Kier alpha value is -3.93. The Morgan fingerprint density at radius 3 is 3.00 bits per heavy atom. The minimum Gasteiger partial charge on any atom is -0.493 e. The Kier molecular flexibility index (Phi) is 3.91. The van der Waals surface area contributed by atoms with E-state index >= 15 is 0 Å². The topological polar surface area (TPSA) is 93.1 Å². The van der Waals surface area contributed by atoms with Crippen molar-refractivity contribution in [2.75, 3.05) is 11.9 Å². The molecule has 0 amide bonds. The molecule has 1 aromatic carbocycles. The molecule has 4 heterocycles. The third kappa shape index (κ3) is 2.86. The highest BCUT2D eigenvalue weighted by atomic mass is 19.1. The normalized spacial score (nSPS) is 12.6. The first kappa shape index (κ1) is 17.2. The molecular formula is C20H16FN7O. The smallest absolute Gasteiger partial charge is 0.209 e. The summed E-state index contributed by atoms with van der Waals surface area (Å²) in [7, 11) is 0. The number of hydrogen-bond donors (Lipinski definition) is 1. The molecule has 0 unspecified atom stereocenters. The number of anilines is 1. The molecule has 0 aliphatic carbocycles. The van der Waals surface area contributed by atoms with Gasteiger partial charge in [0.2, 0.25) is 5.95 Å². The summed E-state index contributed by atoms with van der Waals surface area (Å²) < 4.78 is 23.4. The quantitative estimate of drug-likeness (QED) is 0.577. The van der Waals surface area contributed by atoms with Crippen molar-refractivity contribution in [1.29, 1.82) is 5.26 Å². The van der Waals surface area contributed by atoms with Crippen molar-refractivity contribution in [3.05, 3.63) is 65.4 Å². The summed E-state index contributed by atoms with van der Waals surface area (Å²) in [5, 5.41) is 12.5. The number of rotatable bonds is 4. The van der Waals surface area contributed by atoms with E-state index in [4.69, 9.17) is 4.74 Å². The Bertz CT molecular complexity index is 1280. The number of benzene rings is 1. The number of aryl methyl sites for hydroxylation is 1.